The van der Waals surface area contributed by atoms with E-state index < -0.39 is 0 Å². The molecule has 1 unspecified atom stereocenters. The van der Waals surface area contributed by atoms with E-state index in [2.05, 4.69) is 18.2 Å². The molecule has 2 aliphatic rings. The van der Waals surface area contributed by atoms with E-state index in [-0.39, 0.29) is 6.10 Å². The Morgan fingerprint density at radius 2 is 1.60 bits per heavy atom. The zero-order chi connectivity index (χ0) is 13.8. The maximum Gasteiger partial charge on any atom is 0.0608 e. The average molecular weight is 272 g/mol. The van der Waals surface area contributed by atoms with Gasteiger partial charge in [-0.2, -0.15) is 0 Å². The van der Waals surface area contributed by atoms with Gasteiger partial charge in [0.25, 0.3) is 0 Å². The van der Waals surface area contributed by atoms with E-state index in [1.165, 1.54) is 80.9 Å². The van der Waals surface area contributed by atoms with Gasteiger partial charge < -0.3 is 5.11 Å². The first-order valence-electron chi connectivity index (χ1n) is 8.61. The highest BCUT2D eigenvalue weighted by Gasteiger charge is 2.21. The van der Waals surface area contributed by atoms with E-state index in [4.69, 9.17) is 0 Å². The molecule has 1 fully saturated rings. The monoisotopic (exact) mass is 272 g/mol. The van der Waals surface area contributed by atoms with Gasteiger partial charge in [-0.15, -0.1) is 0 Å². The first-order chi connectivity index (χ1) is 9.83. The minimum absolute atomic E-state index is 0.132. The summed E-state index contributed by atoms with van der Waals surface area (Å²) in [5.41, 5.74) is 4.42. The molecule has 1 heteroatoms. The fourth-order valence-electron chi connectivity index (χ4n) is 4.03. The fraction of sp³-hybridized carbons (Fsp3) is 0.684. The fourth-order valence-corrected chi connectivity index (χ4v) is 4.03. The lowest BCUT2D eigenvalue weighted by Gasteiger charge is -2.25. The van der Waals surface area contributed by atoms with E-state index in [1.54, 1.807) is 0 Å². The summed E-state index contributed by atoms with van der Waals surface area (Å²) in [6.45, 7) is 0. The van der Waals surface area contributed by atoms with Gasteiger partial charge in [0.1, 0.15) is 0 Å². The van der Waals surface area contributed by atoms with Crippen molar-refractivity contribution in [3.63, 3.8) is 0 Å². The lowest BCUT2D eigenvalue weighted by molar-refractivity contribution is 0.0913. The second-order valence-corrected chi connectivity index (χ2v) is 6.83. The Balaban J connectivity index is 1.61. The van der Waals surface area contributed by atoms with Crippen molar-refractivity contribution >= 4 is 0 Å². The number of aliphatic hydroxyl groups excluding tert-OH is 1. The molecule has 1 N–H and O–H groups in total. The topological polar surface area (TPSA) is 20.2 Å². The van der Waals surface area contributed by atoms with Crippen LogP contribution in [0.25, 0.3) is 0 Å². The zero-order valence-corrected chi connectivity index (χ0v) is 12.6. The van der Waals surface area contributed by atoms with Crippen molar-refractivity contribution in [2.45, 2.75) is 76.7 Å². The minimum Gasteiger partial charge on any atom is -0.392 e. The molecule has 1 aromatic rings. The molecule has 0 heterocycles. The molecule has 0 radical (unpaired) electrons. The Labute approximate surface area is 123 Å². The normalized spacial score (nSPS) is 22.1. The van der Waals surface area contributed by atoms with Crippen LogP contribution < -0.4 is 0 Å². The smallest absolute Gasteiger partial charge is 0.0608 e. The van der Waals surface area contributed by atoms with Crippen molar-refractivity contribution in [3.05, 3.63) is 34.9 Å². The summed E-state index contributed by atoms with van der Waals surface area (Å²) in [4.78, 5) is 0. The lowest BCUT2D eigenvalue weighted by Crippen LogP contribution is -2.23. The third kappa shape index (κ3) is 3.44. The van der Waals surface area contributed by atoms with Gasteiger partial charge in [0.15, 0.2) is 0 Å². The molecule has 110 valence electrons. The molecule has 1 atom stereocenters. The van der Waals surface area contributed by atoms with E-state index in [0.29, 0.717) is 5.92 Å². The number of aliphatic hydroxyl groups is 1. The second-order valence-electron chi connectivity index (χ2n) is 6.83. The summed E-state index contributed by atoms with van der Waals surface area (Å²) in [5, 5.41) is 10.6. The summed E-state index contributed by atoms with van der Waals surface area (Å²) in [6.07, 6.45) is 13.7. The Kier molecular flexibility index (Phi) is 4.77. The zero-order valence-electron chi connectivity index (χ0n) is 12.6. The van der Waals surface area contributed by atoms with Crippen LogP contribution in [0.2, 0.25) is 0 Å². The highest BCUT2D eigenvalue weighted by Crippen LogP contribution is 2.28. The van der Waals surface area contributed by atoms with Crippen molar-refractivity contribution in [1.29, 1.82) is 0 Å². The highest BCUT2D eigenvalue weighted by molar-refractivity contribution is 5.35. The molecule has 1 saturated carbocycles. The third-order valence-corrected chi connectivity index (χ3v) is 5.30. The quantitative estimate of drug-likeness (QED) is 0.862. The molecule has 0 aliphatic heterocycles. The first-order valence-corrected chi connectivity index (χ1v) is 8.61. The third-order valence-electron chi connectivity index (χ3n) is 5.30. The van der Waals surface area contributed by atoms with Crippen LogP contribution in [0.15, 0.2) is 18.2 Å². The van der Waals surface area contributed by atoms with Crippen LogP contribution in [0.4, 0.5) is 0 Å². The molecule has 0 amide bonds. The largest absolute Gasteiger partial charge is 0.392 e. The molecule has 1 aromatic carbocycles. The Hall–Kier alpha value is -0.820. The standard InChI is InChI=1S/C19H28O/c20-19(17-7-4-2-1-3-5-8-17)14-15-11-12-16-9-6-10-18(16)13-15/h11-13,17,19-20H,1-10,14H2. The number of hydrogen-bond acceptors (Lipinski definition) is 1. The number of hydrogen-bond donors (Lipinski definition) is 1. The highest BCUT2D eigenvalue weighted by atomic mass is 16.3. The summed E-state index contributed by atoms with van der Waals surface area (Å²) >= 11 is 0. The number of aryl methyl sites for hydroxylation is 2. The summed E-state index contributed by atoms with van der Waals surface area (Å²) in [5.74, 6) is 0.531. The average Bonchev–Trinajstić information content (AvgIpc) is 2.85. The van der Waals surface area contributed by atoms with E-state index in [0.717, 1.165) is 6.42 Å². The molecule has 1 nitrogen and oxygen atoms in total. The molecular formula is C19H28O. The van der Waals surface area contributed by atoms with Crippen LogP contribution in [0.3, 0.4) is 0 Å². The van der Waals surface area contributed by atoms with Crippen LogP contribution in [-0.2, 0) is 19.3 Å². The first kappa shape index (κ1) is 14.1. The molecule has 0 saturated heterocycles. The number of fused-ring (bicyclic) bond motifs is 1. The Bertz CT molecular complexity index is 429. The van der Waals surface area contributed by atoms with Crippen LogP contribution in [-0.4, -0.2) is 11.2 Å². The van der Waals surface area contributed by atoms with Crippen LogP contribution in [0, 0.1) is 5.92 Å². The second kappa shape index (κ2) is 6.76. The minimum atomic E-state index is -0.132. The van der Waals surface area contributed by atoms with Crippen molar-refractivity contribution < 1.29 is 5.11 Å². The van der Waals surface area contributed by atoms with Gasteiger partial charge in [-0.1, -0.05) is 50.3 Å². The Morgan fingerprint density at radius 3 is 2.40 bits per heavy atom. The van der Waals surface area contributed by atoms with Crippen LogP contribution in [0.5, 0.6) is 0 Å². The van der Waals surface area contributed by atoms with Crippen LogP contribution >= 0.6 is 0 Å². The van der Waals surface area contributed by atoms with Gasteiger partial charge >= 0.3 is 0 Å². The summed E-state index contributed by atoms with van der Waals surface area (Å²) in [7, 11) is 0. The summed E-state index contributed by atoms with van der Waals surface area (Å²) < 4.78 is 0. The molecule has 3 rings (SSSR count). The van der Waals surface area contributed by atoms with Gasteiger partial charge in [0.2, 0.25) is 0 Å². The van der Waals surface area contributed by atoms with Gasteiger partial charge in [-0.3, -0.25) is 0 Å². The summed E-state index contributed by atoms with van der Waals surface area (Å²) in [6, 6.07) is 6.90. The van der Waals surface area contributed by atoms with Gasteiger partial charge in [0.05, 0.1) is 6.10 Å². The van der Waals surface area contributed by atoms with Crippen molar-refractivity contribution in [1.82, 2.24) is 0 Å². The SMILES string of the molecule is OC(Cc1ccc2c(c1)CCC2)C1CCCCCCC1. The van der Waals surface area contributed by atoms with Gasteiger partial charge in [-0.25, -0.2) is 0 Å². The number of benzene rings is 1. The van der Waals surface area contributed by atoms with E-state index in [9.17, 15) is 5.11 Å². The van der Waals surface area contributed by atoms with Crippen molar-refractivity contribution in [3.8, 4) is 0 Å². The van der Waals surface area contributed by atoms with Crippen LogP contribution in [0.1, 0.15) is 68.1 Å². The maximum atomic E-state index is 10.6. The number of rotatable bonds is 3. The lowest BCUT2D eigenvalue weighted by atomic mass is 9.85. The molecule has 0 spiro atoms. The van der Waals surface area contributed by atoms with Gasteiger partial charge in [0, 0.05) is 0 Å². The maximum absolute atomic E-state index is 10.6. The van der Waals surface area contributed by atoms with Crippen molar-refractivity contribution in [2.75, 3.05) is 0 Å². The molecule has 0 bridgehead atoms. The van der Waals surface area contributed by atoms with Gasteiger partial charge in [-0.05, 0) is 61.1 Å². The van der Waals surface area contributed by atoms with E-state index in [1.807, 2.05) is 0 Å². The molecule has 20 heavy (non-hydrogen) atoms. The molecule has 2 aliphatic carbocycles. The van der Waals surface area contributed by atoms with E-state index >= 15 is 0 Å². The Morgan fingerprint density at radius 1 is 0.900 bits per heavy atom. The van der Waals surface area contributed by atoms with Crippen molar-refractivity contribution in [2.24, 2.45) is 5.92 Å². The predicted octanol–water partition coefficient (Wildman–Crippen LogP) is 4.44. The molecule has 0 aromatic heterocycles. The molecular weight excluding hydrogens is 244 g/mol. The predicted molar refractivity (Wildman–Crippen MR) is 84.0 cm³/mol.